The van der Waals surface area contributed by atoms with E-state index in [1.165, 1.54) is 6.33 Å². The lowest BCUT2D eigenvalue weighted by Gasteiger charge is -2.26. The minimum Gasteiger partial charge on any atom is -0.479 e. The summed E-state index contributed by atoms with van der Waals surface area (Å²) >= 11 is 0. The summed E-state index contributed by atoms with van der Waals surface area (Å²) in [5.41, 5.74) is 7.71. The molecule has 2 aliphatic rings. The molecule has 0 bridgehead atoms. The van der Waals surface area contributed by atoms with Gasteiger partial charge < -0.3 is 25.2 Å². The number of anilines is 1. The normalized spacial score (nSPS) is 17.4. The Morgan fingerprint density at radius 1 is 1.47 bits per heavy atom. The van der Waals surface area contributed by atoms with Gasteiger partial charge >= 0.3 is 0 Å². The van der Waals surface area contributed by atoms with E-state index in [0.29, 0.717) is 29.6 Å². The average Bonchev–Trinajstić information content (AvgIpc) is 3.38. The molecule has 1 saturated carbocycles. The van der Waals surface area contributed by atoms with E-state index >= 15 is 0 Å². The third-order valence-corrected chi connectivity index (χ3v) is 5.47. The SMILES string of the molecule is C#C/C(=C\C#CC(N)CC(=N)c1cc(N2CCc3oc(C)nc3C2)ncn1)OC1(C)CC1. The third kappa shape index (κ3) is 5.16. The topological polar surface area (TPSA) is 114 Å². The van der Waals surface area contributed by atoms with Gasteiger partial charge in [-0.05, 0) is 25.7 Å². The summed E-state index contributed by atoms with van der Waals surface area (Å²) in [6.07, 6.45) is 11.5. The molecule has 1 atom stereocenters. The maximum atomic E-state index is 8.42. The Morgan fingerprint density at radius 2 is 2.28 bits per heavy atom. The zero-order valence-electron chi connectivity index (χ0n) is 18.3. The highest BCUT2D eigenvalue weighted by atomic mass is 16.5. The zero-order chi connectivity index (χ0) is 22.7. The highest BCUT2D eigenvalue weighted by molar-refractivity contribution is 5.97. The molecule has 4 rings (SSSR count). The van der Waals surface area contributed by atoms with Gasteiger partial charge in [0.05, 0.1) is 24.0 Å². The van der Waals surface area contributed by atoms with Crippen LogP contribution in [0.3, 0.4) is 0 Å². The van der Waals surface area contributed by atoms with Gasteiger partial charge in [-0.15, -0.1) is 6.42 Å². The predicted molar refractivity (Wildman–Crippen MR) is 121 cm³/mol. The van der Waals surface area contributed by atoms with E-state index in [1.807, 2.05) is 13.8 Å². The molecule has 1 aliphatic heterocycles. The molecule has 8 heteroatoms. The fourth-order valence-corrected chi connectivity index (χ4v) is 3.44. The molecule has 0 spiro atoms. The van der Waals surface area contributed by atoms with E-state index < -0.39 is 6.04 Å². The molecule has 2 aromatic heterocycles. The molecule has 1 fully saturated rings. The number of fused-ring (bicyclic) bond motifs is 1. The molecule has 0 aromatic carbocycles. The number of nitrogens with one attached hydrogen (secondary N) is 1. The smallest absolute Gasteiger partial charge is 0.191 e. The van der Waals surface area contributed by atoms with Crippen LogP contribution >= 0.6 is 0 Å². The van der Waals surface area contributed by atoms with Crippen LogP contribution < -0.4 is 10.6 Å². The molecule has 0 radical (unpaired) electrons. The number of nitrogens with two attached hydrogens (primary N) is 1. The number of terminal acetylenes is 1. The van der Waals surface area contributed by atoms with Crippen molar-refractivity contribution in [1.82, 2.24) is 15.0 Å². The van der Waals surface area contributed by atoms with E-state index in [-0.39, 0.29) is 12.0 Å². The van der Waals surface area contributed by atoms with Crippen LogP contribution in [-0.4, -0.2) is 38.9 Å². The molecule has 1 aliphatic carbocycles. The molecule has 2 aromatic rings. The minimum atomic E-state index is -0.525. The van der Waals surface area contributed by atoms with Gasteiger partial charge in [-0.1, -0.05) is 11.8 Å². The van der Waals surface area contributed by atoms with Crippen LogP contribution in [0.2, 0.25) is 0 Å². The molecular formula is C24H26N6O2. The summed E-state index contributed by atoms with van der Waals surface area (Å²) in [5.74, 6) is 11.0. The number of aryl methyl sites for hydroxylation is 1. The van der Waals surface area contributed by atoms with E-state index in [1.54, 1.807) is 12.1 Å². The van der Waals surface area contributed by atoms with Gasteiger partial charge in [0.15, 0.2) is 11.6 Å². The molecule has 3 heterocycles. The molecule has 32 heavy (non-hydrogen) atoms. The first-order chi connectivity index (χ1) is 15.3. The number of allylic oxidation sites excluding steroid dienone is 2. The minimum absolute atomic E-state index is 0.155. The maximum Gasteiger partial charge on any atom is 0.191 e. The maximum absolute atomic E-state index is 8.42. The van der Waals surface area contributed by atoms with Crippen molar-refractivity contribution in [2.75, 3.05) is 11.4 Å². The van der Waals surface area contributed by atoms with Gasteiger partial charge in [-0.2, -0.15) is 0 Å². The highest BCUT2D eigenvalue weighted by Gasteiger charge is 2.40. The van der Waals surface area contributed by atoms with Gasteiger partial charge in [0.2, 0.25) is 0 Å². The van der Waals surface area contributed by atoms with Gasteiger partial charge in [0.1, 0.15) is 29.2 Å². The largest absolute Gasteiger partial charge is 0.479 e. The molecule has 0 saturated heterocycles. The van der Waals surface area contributed by atoms with Gasteiger partial charge in [-0.25, -0.2) is 15.0 Å². The van der Waals surface area contributed by atoms with Crippen LogP contribution in [0.25, 0.3) is 0 Å². The van der Waals surface area contributed by atoms with Crippen LogP contribution in [0.1, 0.15) is 49.2 Å². The van der Waals surface area contributed by atoms with Crippen molar-refractivity contribution >= 4 is 11.5 Å². The van der Waals surface area contributed by atoms with Crippen LogP contribution in [0.15, 0.2) is 28.6 Å². The summed E-state index contributed by atoms with van der Waals surface area (Å²) in [4.78, 5) is 15.2. The Bertz CT molecular complexity index is 1160. The van der Waals surface area contributed by atoms with Crippen molar-refractivity contribution in [2.24, 2.45) is 5.73 Å². The molecule has 3 N–H and O–H groups in total. The summed E-state index contributed by atoms with van der Waals surface area (Å²) in [6, 6.07) is 1.28. The fourth-order valence-electron chi connectivity index (χ4n) is 3.44. The Kier molecular flexibility index (Phi) is 5.98. The van der Waals surface area contributed by atoms with Gasteiger partial charge in [0, 0.05) is 38.5 Å². The van der Waals surface area contributed by atoms with Crippen molar-refractivity contribution < 1.29 is 9.15 Å². The van der Waals surface area contributed by atoms with Crippen molar-refractivity contribution in [3.05, 3.63) is 47.3 Å². The first kappa shape index (κ1) is 21.6. The summed E-state index contributed by atoms with van der Waals surface area (Å²) in [6.45, 7) is 5.25. The Balaban J connectivity index is 1.37. The summed E-state index contributed by atoms with van der Waals surface area (Å²) < 4.78 is 11.4. The highest BCUT2D eigenvalue weighted by Crippen LogP contribution is 2.40. The van der Waals surface area contributed by atoms with Crippen molar-refractivity contribution in [2.45, 2.75) is 57.7 Å². The quantitative estimate of drug-likeness (QED) is 0.411. The lowest BCUT2D eigenvalue weighted by molar-refractivity contribution is 0.122. The second-order valence-electron chi connectivity index (χ2n) is 8.32. The number of ether oxygens (including phenoxy) is 1. The molecular weight excluding hydrogens is 404 g/mol. The van der Waals surface area contributed by atoms with Gasteiger partial charge in [-0.3, -0.25) is 0 Å². The summed E-state index contributed by atoms with van der Waals surface area (Å²) in [5, 5.41) is 8.42. The van der Waals surface area contributed by atoms with Crippen molar-refractivity contribution in [1.29, 1.82) is 5.41 Å². The Labute approximate surface area is 187 Å². The zero-order valence-corrected chi connectivity index (χ0v) is 18.3. The number of rotatable bonds is 6. The number of hydrogen-bond acceptors (Lipinski definition) is 8. The second kappa shape index (κ2) is 8.86. The van der Waals surface area contributed by atoms with Crippen LogP contribution in [0.4, 0.5) is 5.82 Å². The van der Waals surface area contributed by atoms with Crippen LogP contribution in [0.5, 0.6) is 0 Å². The van der Waals surface area contributed by atoms with E-state index in [9.17, 15) is 0 Å². The molecule has 8 nitrogen and oxygen atoms in total. The van der Waals surface area contributed by atoms with E-state index in [4.69, 9.17) is 26.7 Å². The van der Waals surface area contributed by atoms with E-state index in [2.05, 4.69) is 37.6 Å². The number of aromatic nitrogens is 3. The van der Waals surface area contributed by atoms with Crippen molar-refractivity contribution in [3.8, 4) is 24.2 Å². The number of oxazole rings is 1. The fraction of sp³-hybridized carbons (Fsp3) is 0.417. The first-order valence-electron chi connectivity index (χ1n) is 10.6. The predicted octanol–water partition coefficient (Wildman–Crippen LogP) is 2.51. The molecule has 0 amide bonds. The van der Waals surface area contributed by atoms with E-state index in [0.717, 1.165) is 43.1 Å². The molecule has 1 unspecified atom stereocenters. The average molecular weight is 431 g/mol. The Morgan fingerprint density at radius 3 is 3.03 bits per heavy atom. The lowest BCUT2D eigenvalue weighted by atomic mass is 10.1. The Hall–Kier alpha value is -3.62. The second-order valence-corrected chi connectivity index (χ2v) is 8.32. The van der Waals surface area contributed by atoms with Crippen LogP contribution in [-0.2, 0) is 17.7 Å². The third-order valence-electron chi connectivity index (χ3n) is 5.47. The number of nitrogens with zero attached hydrogens (tertiary/aromatic N) is 4. The van der Waals surface area contributed by atoms with Crippen molar-refractivity contribution in [3.63, 3.8) is 0 Å². The van der Waals surface area contributed by atoms with Crippen LogP contribution in [0, 0.1) is 36.5 Å². The molecule has 164 valence electrons. The number of hydrogen-bond donors (Lipinski definition) is 2. The standard InChI is InChI=1S/C24H26N6O2/c1-4-18(32-24(3)9-10-24)7-5-6-17(25)12-19(26)20-13-23(28-15-27-20)30-11-8-22-21(14-30)29-16(2)31-22/h1,7,13,15,17,26H,8-12,14,25H2,2-3H3/b18-7+,26-19?. The summed E-state index contributed by atoms with van der Waals surface area (Å²) in [7, 11) is 0. The lowest BCUT2D eigenvalue weighted by Crippen LogP contribution is -2.31. The monoisotopic (exact) mass is 430 g/mol. The first-order valence-corrected chi connectivity index (χ1v) is 10.6. The van der Waals surface area contributed by atoms with Gasteiger partial charge in [0.25, 0.3) is 0 Å².